The Bertz CT molecular complexity index is 927. The molecule has 0 spiro atoms. The number of nitro groups is 1. The largest absolute Gasteiger partial charge is 0.489 e. The predicted octanol–water partition coefficient (Wildman–Crippen LogP) is 4.62. The van der Waals surface area contributed by atoms with Crippen LogP contribution in [0.25, 0.3) is 0 Å². The average molecular weight is 474 g/mol. The SMILES string of the molecule is O=[N+]([O-])c1ccc(NN=Cc2ccc(OCc3ccc(I)cc3)cc2)nc1. The fraction of sp³-hybridized carbons (Fsp3) is 0.0526. The quantitative estimate of drug-likeness (QED) is 0.234. The van der Waals surface area contributed by atoms with Gasteiger partial charge in [-0.25, -0.2) is 4.98 Å². The molecule has 8 heteroatoms. The fourth-order valence-corrected chi connectivity index (χ4v) is 2.49. The topological polar surface area (TPSA) is 89.7 Å². The highest BCUT2D eigenvalue weighted by Crippen LogP contribution is 2.15. The van der Waals surface area contributed by atoms with Gasteiger partial charge >= 0.3 is 0 Å². The van der Waals surface area contributed by atoms with Gasteiger partial charge in [0.25, 0.3) is 5.69 Å². The number of halogens is 1. The molecule has 1 heterocycles. The number of benzene rings is 2. The number of ether oxygens (including phenoxy) is 1. The van der Waals surface area contributed by atoms with E-state index >= 15 is 0 Å². The number of rotatable bonds is 7. The fourth-order valence-electron chi connectivity index (χ4n) is 2.13. The van der Waals surface area contributed by atoms with Crippen molar-refractivity contribution in [3.8, 4) is 5.75 Å². The second-order valence-electron chi connectivity index (χ2n) is 5.51. The summed E-state index contributed by atoms with van der Waals surface area (Å²) >= 11 is 2.27. The van der Waals surface area contributed by atoms with Crippen LogP contribution in [-0.2, 0) is 6.61 Å². The number of nitrogens with zero attached hydrogens (tertiary/aromatic N) is 3. The van der Waals surface area contributed by atoms with Crippen molar-refractivity contribution in [2.45, 2.75) is 6.61 Å². The van der Waals surface area contributed by atoms with Gasteiger partial charge in [-0.2, -0.15) is 5.10 Å². The molecule has 0 unspecified atom stereocenters. The van der Waals surface area contributed by atoms with Crippen LogP contribution in [0.5, 0.6) is 5.75 Å². The van der Waals surface area contributed by atoms with Gasteiger partial charge in [0.1, 0.15) is 24.4 Å². The van der Waals surface area contributed by atoms with Crippen molar-refractivity contribution in [3.05, 3.63) is 91.7 Å². The van der Waals surface area contributed by atoms with Crippen LogP contribution in [0.1, 0.15) is 11.1 Å². The van der Waals surface area contributed by atoms with Gasteiger partial charge in [-0.3, -0.25) is 15.5 Å². The van der Waals surface area contributed by atoms with Gasteiger partial charge in [0.05, 0.1) is 11.1 Å². The zero-order valence-electron chi connectivity index (χ0n) is 14.1. The van der Waals surface area contributed by atoms with E-state index in [2.05, 4.69) is 38.1 Å². The first kappa shape index (κ1) is 18.8. The maximum absolute atomic E-state index is 10.6. The Kier molecular flexibility index (Phi) is 6.31. The van der Waals surface area contributed by atoms with Gasteiger partial charge in [0.2, 0.25) is 0 Å². The monoisotopic (exact) mass is 474 g/mol. The van der Waals surface area contributed by atoms with E-state index in [4.69, 9.17) is 4.74 Å². The van der Waals surface area contributed by atoms with E-state index in [1.807, 2.05) is 48.5 Å². The molecule has 0 aliphatic rings. The van der Waals surface area contributed by atoms with Gasteiger partial charge in [0, 0.05) is 9.64 Å². The first-order valence-electron chi connectivity index (χ1n) is 7.97. The van der Waals surface area contributed by atoms with Gasteiger partial charge in [-0.05, 0) is 76.2 Å². The minimum atomic E-state index is -0.498. The van der Waals surface area contributed by atoms with Crippen molar-refractivity contribution in [2.24, 2.45) is 5.10 Å². The first-order valence-corrected chi connectivity index (χ1v) is 9.05. The summed E-state index contributed by atoms with van der Waals surface area (Å²) in [6.45, 7) is 0.512. The third kappa shape index (κ3) is 5.74. The molecule has 0 amide bonds. The Morgan fingerprint density at radius 1 is 1.11 bits per heavy atom. The van der Waals surface area contributed by atoms with Crippen molar-refractivity contribution in [3.63, 3.8) is 0 Å². The minimum Gasteiger partial charge on any atom is -0.489 e. The van der Waals surface area contributed by atoms with E-state index in [0.717, 1.165) is 16.9 Å². The molecule has 7 nitrogen and oxygen atoms in total. The van der Waals surface area contributed by atoms with Gasteiger partial charge in [-0.1, -0.05) is 12.1 Å². The molecule has 0 aliphatic carbocycles. The molecule has 0 fully saturated rings. The van der Waals surface area contributed by atoms with Crippen molar-refractivity contribution in [1.82, 2.24) is 4.98 Å². The summed E-state index contributed by atoms with van der Waals surface area (Å²) in [5, 5.41) is 14.7. The number of hydrogen-bond acceptors (Lipinski definition) is 6. The van der Waals surface area contributed by atoms with Crippen molar-refractivity contribution >= 4 is 40.3 Å². The van der Waals surface area contributed by atoms with Crippen LogP contribution in [0.4, 0.5) is 11.5 Å². The first-order chi connectivity index (χ1) is 13.1. The lowest BCUT2D eigenvalue weighted by Crippen LogP contribution is -1.96. The van der Waals surface area contributed by atoms with Crippen LogP contribution in [0, 0.1) is 13.7 Å². The van der Waals surface area contributed by atoms with Crippen LogP contribution in [0.2, 0.25) is 0 Å². The second kappa shape index (κ2) is 9.08. The molecular weight excluding hydrogens is 459 g/mol. The van der Waals surface area contributed by atoms with E-state index in [1.54, 1.807) is 6.21 Å². The van der Waals surface area contributed by atoms with Crippen LogP contribution >= 0.6 is 22.6 Å². The Morgan fingerprint density at radius 3 is 2.48 bits per heavy atom. The molecule has 0 bridgehead atoms. The summed E-state index contributed by atoms with van der Waals surface area (Å²) in [7, 11) is 0. The molecular formula is C19H15IN4O3. The Balaban J connectivity index is 1.51. The number of nitrogens with one attached hydrogen (secondary N) is 1. The standard InChI is InChI=1S/C19H15IN4O3/c20-16-5-1-15(2-6-16)13-27-18-8-3-14(4-9-18)11-22-23-19-10-7-17(12-21-19)24(25)26/h1-12H,13H2,(H,21,23). The molecule has 1 N–H and O–H groups in total. The molecule has 27 heavy (non-hydrogen) atoms. The van der Waals surface area contributed by atoms with E-state index in [0.29, 0.717) is 12.4 Å². The van der Waals surface area contributed by atoms with Crippen LogP contribution in [-0.4, -0.2) is 16.1 Å². The maximum Gasteiger partial charge on any atom is 0.287 e. The van der Waals surface area contributed by atoms with Crippen LogP contribution < -0.4 is 10.2 Å². The smallest absolute Gasteiger partial charge is 0.287 e. The molecule has 0 saturated heterocycles. The third-order valence-corrected chi connectivity index (χ3v) is 4.27. The number of hydrogen-bond donors (Lipinski definition) is 1. The van der Waals surface area contributed by atoms with E-state index in [9.17, 15) is 10.1 Å². The highest BCUT2D eigenvalue weighted by atomic mass is 127. The summed E-state index contributed by atoms with van der Waals surface area (Å²) in [4.78, 5) is 14.0. The molecule has 3 aromatic rings. The Hall–Kier alpha value is -3.01. The molecule has 0 atom stereocenters. The van der Waals surface area contributed by atoms with E-state index < -0.39 is 4.92 Å². The highest BCUT2D eigenvalue weighted by Gasteiger charge is 2.04. The number of aromatic nitrogens is 1. The zero-order chi connectivity index (χ0) is 19.1. The van der Waals surface area contributed by atoms with Gasteiger partial charge in [-0.15, -0.1) is 0 Å². The second-order valence-corrected chi connectivity index (χ2v) is 6.76. The summed E-state index contributed by atoms with van der Waals surface area (Å²) in [6, 6.07) is 18.6. The van der Waals surface area contributed by atoms with Crippen molar-refractivity contribution < 1.29 is 9.66 Å². The number of pyridine rings is 1. The Morgan fingerprint density at radius 2 is 1.85 bits per heavy atom. The number of anilines is 1. The molecule has 0 saturated carbocycles. The molecule has 0 aliphatic heterocycles. The summed E-state index contributed by atoms with van der Waals surface area (Å²) in [6.07, 6.45) is 2.81. The minimum absolute atomic E-state index is 0.0645. The van der Waals surface area contributed by atoms with E-state index in [1.165, 1.54) is 21.9 Å². The maximum atomic E-state index is 10.6. The zero-order valence-corrected chi connectivity index (χ0v) is 16.2. The lowest BCUT2D eigenvalue weighted by atomic mass is 10.2. The highest BCUT2D eigenvalue weighted by molar-refractivity contribution is 14.1. The van der Waals surface area contributed by atoms with Gasteiger partial charge < -0.3 is 4.74 Å². The number of hydrazone groups is 1. The normalized spacial score (nSPS) is 10.7. The van der Waals surface area contributed by atoms with Crippen LogP contribution in [0.15, 0.2) is 72.0 Å². The lowest BCUT2D eigenvalue weighted by Gasteiger charge is -2.06. The van der Waals surface area contributed by atoms with Gasteiger partial charge in [0.15, 0.2) is 0 Å². The van der Waals surface area contributed by atoms with Crippen molar-refractivity contribution in [1.29, 1.82) is 0 Å². The van der Waals surface area contributed by atoms with Crippen molar-refractivity contribution in [2.75, 3.05) is 5.43 Å². The molecule has 1 aromatic heterocycles. The lowest BCUT2D eigenvalue weighted by molar-refractivity contribution is -0.385. The third-order valence-electron chi connectivity index (χ3n) is 3.55. The molecule has 3 rings (SSSR count). The van der Waals surface area contributed by atoms with Crippen LogP contribution in [0.3, 0.4) is 0 Å². The molecule has 0 radical (unpaired) electrons. The average Bonchev–Trinajstić information content (AvgIpc) is 2.69. The molecule has 2 aromatic carbocycles. The summed E-state index contributed by atoms with van der Waals surface area (Å²) in [5.41, 5.74) is 4.66. The summed E-state index contributed by atoms with van der Waals surface area (Å²) in [5.74, 6) is 1.20. The summed E-state index contributed by atoms with van der Waals surface area (Å²) < 4.78 is 6.96. The van der Waals surface area contributed by atoms with E-state index in [-0.39, 0.29) is 5.69 Å². The predicted molar refractivity (Wildman–Crippen MR) is 112 cm³/mol. The Labute approximate surface area is 169 Å². The molecule has 136 valence electrons.